The summed E-state index contributed by atoms with van der Waals surface area (Å²) in [5, 5.41) is 2.44. The fourth-order valence-electron chi connectivity index (χ4n) is 2.63. The third-order valence-corrected chi connectivity index (χ3v) is 4.41. The van der Waals surface area contributed by atoms with Crippen LogP contribution in [-0.4, -0.2) is 25.0 Å². The number of alkyl halides is 3. The number of nitrogens with zero attached hydrogens (tertiary/aromatic N) is 1. The zero-order valence-corrected chi connectivity index (χ0v) is 12.7. The molecule has 0 saturated heterocycles. The lowest BCUT2D eigenvalue weighted by Crippen LogP contribution is -2.47. The lowest BCUT2D eigenvalue weighted by Gasteiger charge is -2.36. The molecule has 4 nitrogen and oxygen atoms in total. The van der Waals surface area contributed by atoms with Crippen LogP contribution in [0.25, 0.3) is 0 Å². The lowest BCUT2D eigenvalue weighted by atomic mass is 9.85. The predicted molar refractivity (Wildman–Crippen MR) is 80.0 cm³/mol. The average Bonchev–Trinajstić information content (AvgIpc) is 2.54. The molecule has 1 atom stereocenters. The number of carbonyl (C=O) groups excluding carboxylic acids is 1. The Bertz CT molecular complexity index is 659. The van der Waals surface area contributed by atoms with Crippen LogP contribution >= 0.6 is 11.6 Å². The maximum Gasteiger partial charge on any atom is 0.427 e. The van der Waals surface area contributed by atoms with E-state index < -0.39 is 17.8 Å². The van der Waals surface area contributed by atoms with E-state index in [2.05, 4.69) is 10.3 Å². The molecule has 0 bridgehead atoms. The van der Waals surface area contributed by atoms with E-state index in [1.165, 1.54) is 12.1 Å². The molecule has 1 aromatic rings. The van der Waals surface area contributed by atoms with Gasteiger partial charge in [0.05, 0.1) is 12.8 Å². The number of ether oxygens (including phenoxy) is 1. The summed E-state index contributed by atoms with van der Waals surface area (Å²) in [6.45, 7) is -0.0499. The monoisotopic (exact) mass is 346 g/mol. The van der Waals surface area contributed by atoms with E-state index >= 15 is 0 Å². The number of hydrogen-bond donors (Lipinski definition) is 1. The molecule has 0 aromatic heterocycles. The highest BCUT2D eigenvalue weighted by molar-refractivity contribution is 6.30. The normalized spacial score (nSPS) is 24.6. The molecular formula is C15H14ClF3N2O2. The van der Waals surface area contributed by atoms with Crippen LogP contribution in [0.15, 0.2) is 23.2 Å². The van der Waals surface area contributed by atoms with Crippen molar-refractivity contribution in [3.8, 4) is 0 Å². The Kier molecular flexibility index (Phi) is 4.10. The van der Waals surface area contributed by atoms with Gasteiger partial charge in [-0.3, -0.25) is 0 Å². The summed E-state index contributed by atoms with van der Waals surface area (Å²) in [7, 11) is 0. The molecule has 124 valence electrons. The van der Waals surface area contributed by atoms with E-state index in [1.807, 2.05) is 0 Å². The standard InChI is InChI=1S/C15H14ClF3N2O2/c16-10-4-5-12-11(6-10)14(15(17,18)19,8-20-13(22)21-12)23-7-9-2-1-3-9/h4-6,8-9H,1-3,7H2,(H,21,22)/t14-/m0/s1. The van der Waals surface area contributed by atoms with Crippen LogP contribution < -0.4 is 5.32 Å². The van der Waals surface area contributed by atoms with Crippen LogP contribution in [0, 0.1) is 5.92 Å². The van der Waals surface area contributed by atoms with Gasteiger partial charge in [0, 0.05) is 16.3 Å². The largest absolute Gasteiger partial charge is 0.427 e. The number of nitrogens with one attached hydrogen (secondary N) is 1. The second-order valence-corrected chi connectivity index (χ2v) is 6.16. The van der Waals surface area contributed by atoms with Gasteiger partial charge in [-0.05, 0) is 37.0 Å². The van der Waals surface area contributed by atoms with Crippen LogP contribution in [0.2, 0.25) is 5.02 Å². The number of anilines is 1. The zero-order chi connectivity index (χ0) is 16.7. The van der Waals surface area contributed by atoms with Gasteiger partial charge in [0.15, 0.2) is 0 Å². The van der Waals surface area contributed by atoms with Crippen molar-refractivity contribution < 1.29 is 22.7 Å². The van der Waals surface area contributed by atoms with Gasteiger partial charge in [-0.2, -0.15) is 13.2 Å². The molecule has 2 aliphatic rings. The lowest BCUT2D eigenvalue weighted by molar-refractivity contribution is -0.256. The first-order valence-electron chi connectivity index (χ1n) is 7.19. The molecular weight excluding hydrogens is 333 g/mol. The number of rotatable bonds is 3. The molecule has 1 aliphatic carbocycles. The van der Waals surface area contributed by atoms with Gasteiger partial charge in [-0.25, -0.2) is 9.79 Å². The Balaban J connectivity index is 2.10. The van der Waals surface area contributed by atoms with Crippen molar-refractivity contribution in [1.29, 1.82) is 0 Å². The van der Waals surface area contributed by atoms with Gasteiger partial charge >= 0.3 is 12.2 Å². The summed E-state index contributed by atoms with van der Waals surface area (Å²) in [6, 6.07) is 2.99. The average molecular weight is 347 g/mol. The highest BCUT2D eigenvalue weighted by atomic mass is 35.5. The third kappa shape index (κ3) is 2.95. The molecule has 1 saturated carbocycles. The minimum Gasteiger partial charge on any atom is -0.356 e. The molecule has 3 rings (SSSR count). The van der Waals surface area contributed by atoms with Gasteiger partial charge < -0.3 is 10.1 Å². The minimum atomic E-state index is -4.79. The summed E-state index contributed by atoms with van der Waals surface area (Å²) < 4.78 is 47.0. The second kappa shape index (κ2) is 5.79. The molecule has 1 N–H and O–H groups in total. The summed E-state index contributed by atoms with van der Waals surface area (Å²) in [6.07, 6.45) is -1.59. The van der Waals surface area contributed by atoms with Crippen molar-refractivity contribution in [2.24, 2.45) is 10.9 Å². The number of carbonyl (C=O) groups is 1. The number of amides is 2. The van der Waals surface area contributed by atoms with Crippen molar-refractivity contribution in [2.45, 2.75) is 31.0 Å². The van der Waals surface area contributed by atoms with Crippen LogP contribution in [-0.2, 0) is 10.3 Å². The zero-order valence-electron chi connectivity index (χ0n) is 12.0. The Morgan fingerprint density at radius 2 is 2.13 bits per heavy atom. The summed E-state index contributed by atoms with van der Waals surface area (Å²) in [4.78, 5) is 14.9. The number of halogens is 4. The molecule has 1 aliphatic heterocycles. The van der Waals surface area contributed by atoms with Crippen LogP contribution in [0.5, 0.6) is 0 Å². The quantitative estimate of drug-likeness (QED) is 0.874. The first-order valence-corrected chi connectivity index (χ1v) is 7.56. The molecule has 8 heteroatoms. The van der Waals surface area contributed by atoms with E-state index in [1.54, 1.807) is 0 Å². The van der Waals surface area contributed by atoms with Crippen LogP contribution in [0.1, 0.15) is 24.8 Å². The summed E-state index contributed by atoms with van der Waals surface area (Å²) in [5.41, 5.74) is -3.06. The Labute approximate surface area is 135 Å². The molecule has 0 unspecified atom stereocenters. The fourth-order valence-corrected chi connectivity index (χ4v) is 2.80. The summed E-state index contributed by atoms with van der Waals surface area (Å²) >= 11 is 5.86. The summed E-state index contributed by atoms with van der Waals surface area (Å²) in [5.74, 6) is 0.0946. The molecule has 1 heterocycles. The van der Waals surface area contributed by atoms with Crippen molar-refractivity contribution in [1.82, 2.24) is 0 Å². The predicted octanol–water partition coefficient (Wildman–Crippen LogP) is 4.53. The van der Waals surface area contributed by atoms with Gasteiger partial charge in [-0.15, -0.1) is 0 Å². The minimum absolute atomic E-state index is 0.0113. The third-order valence-electron chi connectivity index (χ3n) is 4.18. The van der Waals surface area contributed by atoms with E-state index in [4.69, 9.17) is 16.3 Å². The first-order chi connectivity index (χ1) is 10.8. The topological polar surface area (TPSA) is 50.7 Å². The van der Waals surface area contributed by atoms with Crippen LogP contribution in [0.4, 0.5) is 23.7 Å². The van der Waals surface area contributed by atoms with Gasteiger partial charge in [0.2, 0.25) is 5.60 Å². The Hall–Kier alpha value is -1.60. The number of urea groups is 1. The smallest absolute Gasteiger partial charge is 0.356 e. The van der Waals surface area contributed by atoms with Crippen molar-refractivity contribution in [3.63, 3.8) is 0 Å². The van der Waals surface area contributed by atoms with Crippen LogP contribution in [0.3, 0.4) is 0 Å². The van der Waals surface area contributed by atoms with Crippen molar-refractivity contribution in [3.05, 3.63) is 28.8 Å². The van der Waals surface area contributed by atoms with E-state index in [0.717, 1.165) is 25.3 Å². The molecule has 1 aromatic carbocycles. The Morgan fingerprint density at radius 3 is 2.74 bits per heavy atom. The molecule has 0 radical (unpaired) electrons. The number of aliphatic imine (C=N–C) groups is 1. The van der Waals surface area contributed by atoms with E-state index in [9.17, 15) is 18.0 Å². The fraction of sp³-hybridized carbons (Fsp3) is 0.467. The molecule has 23 heavy (non-hydrogen) atoms. The SMILES string of the molecule is O=C1N=C[C@@](OCC2CCC2)(C(F)(F)F)c2cc(Cl)ccc2N1. The highest BCUT2D eigenvalue weighted by Gasteiger charge is 2.58. The number of fused-ring (bicyclic) bond motifs is 1. The van der Waals surface area contributed by atoms with Crippen molar-refractivity contribution >= 4 is 29.5 Å². The van der Waals surface area contributed by atoms with Gasteiger partial charge in [0.25, 0.3) is 0 Å². The Morgan fingerprint density at radius 1 is 1.39 bits per heavy atom. The number of hydrogen-bond acceptors (Lipinski definition) is 2. The van der Waals surface area contributed by atoms with Gasteiger partial charge in [0.1, 0.15) is 0 Å². The number of benzene rings is 1. The second-order valence-electron chi connectivity index (χ2n) is 5.72. The van der Waals surface area contributed by atoms with E-state index in [0.29, 0.717) is 6.21 Å². The van der Waals surface area contributed by atoms with E-state index in [-0.39, 0.29) is 28.8 Å². The van der Waals surface area contributed by atoms with Gasteiger partial charge in [-0.1, -0.05) is 18.0 Å². The molecule has 2 amide bonds. The maximum atomic E-state index is 13.9. The highest BCUT2D eigenvalue weighted by Crippen LogP contribution is 2.46. The maximum absolute atomic E-state index is 13.9. The molecule has 1 fully saturated rings. The van der Waals surface area contributed by atoms with Crippen molar-refractivity contribution in [2.75, 3.05) is 11.9 Å². The molecule has 0 spiro atoms. The first kappa shape index (κ1) is 16.3.